The molecule has 0 aromatic heterocycles. The second-order valence-electron chi connectivity index (χ2n) is 6.62. The zero-order chi connectivity index (χ0) is 20.0. The third kappa shape index (κ3) is 4.57. The quantitative estimate of drug-likeness (QED) is 0.492. The maximum atomic E-state index is 13.4. The highest BCUT2D eigenvalue weighted by atomic mass is 16.5. The average Bonchev–Trinajstić information content (AvgIpc) is 2.71. The van der Waals surface area contributed by atoms with Gasteiger partial charge in [0.2, 0.25) is 11.8 Å². The first-order valence-corrected chi connectivity index (χ1v) is 9.05. The van der Waals surface area contributed by atoms with Gasteiger partial charge in [-0.15, -0.1) is 0 Å². The molecular formula is C19H26N2O6. The number of methoxy groups -OCH3 is 1. The molecule has 1 heterocycles. The van der Waals surface area contributed by atoms with Crippen molar-refractivity contribution in [1.82, 2.24) is 10.4 Å². The molecule has 0 unspecified atom stereocenters. The molecule has 8 nitrogen and oxygen atoms in total. The largest absolute Gasteiger partial charge is 0.497 e. The first-order chi connectivity index (χ1) is 12.9. The van der Waals surface area contributed by atoms with Crippen molar-refractivity contribution in [3.63, 3.8) is 0 Å². The van der Waals surface area contributed by atoms with E-state index in [1.807, 2.05) is 0 Å². The zero-order valence-electron chi connectivity index (χ0n) is 15.6. The molecule has 1 saturated heterocycles. The summed E-state index contributed by atoms with van der Waals surface area (Å²) >= 11 is 0. The molecule has 0 radical (unpaired) electrons. The van der Waals surface area contributed by atoms with Crippen molar-refractivity contribution in [2.75, 3.05) is 13.7 Å². The van der Waals surface area contributed by atoms with Crippen molar-refractivity contribution in [3.8, 4) is 5.75 Å². The second-order valence-corrected chi connectivity index (χ2v) is 6.62. The van der Waals surface area contributed by atoms with Crippen LogP contribution in [0.5, 0.6) is 5.75 Å². The van der Waals surface area contributed by atoms with Crippen molar-refractivity contribution in [2.24, 2.45) is 5.92 Å². The minimum absolute atomic E-state index is 0.306. The predicted molar refractivity (Wildman–Crippen MR) is 96.4 cm³/mol. The Bertz CT molecular complexity index is 675. The van der Waals surface area contributed by atoms with Gasteiger partial charge in [0.15, 0.2) is 0 Å². The lowest BCUT2D eigenvalue weighted by molar-refractivity contribution is -0.154. The molecule has 8 heteroatoms. The number of likely N-dealkylation sites (tertiary alicyclic amines) is 1. The van der Waals surface area contributed by atoms with Crippen LogP contribution in [-0.4, -0.2) is 52.7 Å². The number of carbonyl (C=O) groups excluding carboxylic acids is 2. The van der Waals surface area contributed by atoms with Crippen LogP contribution in [-0.2, 0) is 14.4 Å². The number of nitrogens with zero attached hydrogens (tertiary/aromatic N) is 1. The maximum Gasteiger partial charge on any atom is 0.326 e. The van der Waals surface area contributed by atoms with Gasteiger partial charge in [0.1, 0.15) is 11.8 Å². The van der Waals surface area contributed by atoms with Crippen LogP contribution in [0.25, 0.3) is 0 Å². The van der Waals surface area contributed by atoms with Gasteiger partial charge in [0.05, 0.1) is 18.9 Å². The number of hydroxylamine groups is 1. The van der Waals surface area contributed by atoms with Crippen LogP contribution in [0.1, 0.15) is 44.1 Å². The molecule has 1 aliphatic heterocycles. The fourth-order valence-corrected chi connectivity index (χ4v) is 3.64. The molecule has 1 aromatic carbocycles. The molecule has 2 amide bonds. The molecule has 0 aliphatic carbocycles. The fourth-order valence-electron chi connectivity index (χ4n) is 3.64. The van der Waals surface area contributed by atoms with Crippen LogP contribution in [0, 0.1) is 5.92 Å². The molecule has 2 rings (SSSR count). The highest BCUT2D eigenvalue weighted by Gasteiger charge is 2.41. The number of ether oxygens (including phenoxy) is 1. The van der Waals surface area contributed by atoms with Gasteiger partial charge < -0.3 is 14.7 Å². The van der Waals surface area contributed by atoms with E-state index in [1.165, 1.54) is 12.0 Å². The molecular weight excluding hydrogens is 352 g/mol. The summed E-state index contributed by atoms with van der Waals surface area (Å²) in [4.78, 5) is 38.5. The van der Waals surface area contributed by atoms with E-state index in [9.17, 15) is 19.5 Å². The summed E-state index contributed by atoms with van der Waals surface area (Å²) in [5.74, 6) is -3.25. The maximum absolute atomic E-state index is 13.4. The Labute approximate surface area is 158 Å². The van der Waals surface area contributed by atoms with Crippen LogP contribution < -0.4 is 10.2 Å². The molecule has 1 fully saturated rings. The monoisotopic (exact) mass is 378 g/mol. The number of amides is 2. The first-order valence-electron chi connectivity index (χ1n) is 9.05. The van der Waals surface area contributed by atoms with Crippen molar-refractivity contribution in [2.45, 2.75) is 44.6 Å². The van der Waals surface area contributed by atoms with Crippen LogP contribution in [0.4, 0.5) is 0 Å². The third-order valence-corrected chi connectivity index (χ3v) is 5.10. The lowest BCUT2D eigenvalue weighted by Gasteiger charge is -2.37. The van der Waals surface area contributed by atoms with Crippen molar-refractivity contribution in [3.05, 3.63) is 29.8 Å². The smallest absolute Gasteiger partial charge is 0.326 e. The standard InChI is InChI=1S/C19H26N2O6/c1-3-14(17(22)20-26)16(12-7-9-13(27-2)10-8-12)18(23)21-11-5-4-6-15(21)19(24)25/h7-10,14-16,26H,3-6,11H2,1-2H3,(H,20,22)(H,24,25)/t14-,15-,16+/m0/s1. The molecule has 3 atom stereocenters. The van der Waals surface area contributed by atoms with Gasteiger partial charge in [-0.05, 0) is 43.4 Å². The summed E-state index contributed by atoms with van der Waals surface area (Å²) in [5, 5.41) is 18.6. The Morgan fingerprint density at radius 1 is 1.26 bits per heavy atom. The molecule has 0 saturated carbocycles. The summed E-state index contributed by atoms with van der Waals surface area (Å²) in [6.07, 6.45) is 2.15. The number of piperidine rings is 1. The summed E-state index contributed by atoms with van der Waals surface area (Å²) in [6.45, 7) is 2.08. The van der Waals surface area contributed by atoms with Gasteiger partial charge in [0, 0.05) is 6.54 Å². The third-order valence-electron chi connectivity index (χ3n) is 5.10. The summed E-state index contributed by atoms with van der Waals surface area (Å²) in [7, 11) is 1.52. The van der Waals surface area contributed by atoms with E-state index in [0.29, 0.717) is 37.1 Å². The number of carboxylic acids is 1. The number of rotatable bonds is 7. The molecule has 3 N–H and O–H groups in total. The van der Waals surface area contributed by atoms with Gasteiger partial charge in [-0.2, -0.15) is 0 Å². The minimum atomic E-state index is -1.05. The van der Waals surface area contributed by atoms with E-state index in [0.717, 1.165) is 6.42 Å². The number of carboxylic acid groups (broad SMARTS) is 1. The minimum Gasteiger partial charge on any atom is -0.497 e. The molecule has 27 heavy (non-hydrogen) atoms. The number of carbonyl (C=O) groups is 3. The van der Waals surface area contributed by atoms with E-state index in [4.69, 9.17) is 9.94 Å². The van der Waals surface area contributed by atoms with Crippen LogP contribution in [0.3, 0.4) is 0 Å². The number of hydrogen-bond acceptors (Lipinski definition) is 5. The molecule has 1 aliphatic rings. The molecule has 0 spiro atoms. The van der Waals surface area contributed by atoms with E-state index in [-0.39, 0.29) is 0 Å². The van der Waals surface area contributed by atoms with Gasteiger partial charge in [0.25, 0.3) is 0 Å². The SMILES string of the molecule is CC[C@H](C(=O)NO)[C@H](C(=O)N1CCCC[C@H]1C(=O)O)c1ccc(OC)cc1. The second kappa shape index (κ2) is 9.36. The van der Waals surface area contributed by atoms with Crippen molar-refractivity contribution >= 4 is 17.8 Å². The van der Waals surface area contributed by atoms with Crippen LogP contribution in [0.2, 0.25) is 0 Å². The summed E-state index contributed by atoms with van der Waals surface area (Å²) in [6, 6.07) is 5.85. The van der Waals surface area contributed by atoms with Gasteiger partial charge in [-0.3, -0.25) is 14.8 Å². The summed E-state index contributed by atoms with van der Waals surface area (Å²) in [5.41, 5.74) is 2.20. The van der Waals surface area contributed by atoms with Gasteiger partial charge in [-0.25, -0.2) is 10.3 Å². The van der Waals surface area contributed by atoms with Crippen LogP contribution >= 0.6 is 0 Å². The van der Waals surface area contributed by atoms with Gasteiger partial charge in [-0.1, -0.05) is 19.1 Å². The summed E-state index contributed by atoms with van der Waals surface area (Å²) < 4.78 is 5.14. The highest BCUT2D eigenvalue weighted by Crippen LogP contribution is 2.33. The van der Waals surface area contributed by atoms with Crippen molar-refractivity contribution < 1.29 is 29.4 Å². The number of hydrogen-bond donors (Lipinski definition) is 3. The highest BCUT2D eigenvalue weighted by molar-refractivity contribution is 5.93. The average molecular weight is 378 g/mol. The Morgan fingerprint density at radius 3 is 2.44 bits per heavy atom. The predicted octanol–water partition coefficient (Wildman–Crippen LogP) is 1.78. The topological polar surface area (TPSA) is 116 Å². The normalized spacial score (nSPS) is 19.1. The number of nitrogens with one attached hydrogen (secondary N) is 1. The Balaban J connectivity index is 2.44. The van der Waals surface area contributed by atoms with E-state index >= 15 is 0 Å². The van der Waals surface area contributed by atoms with Gasteiger partial charge >= 0.3 is 5.97 Å². The van der Waals surface area contributed by atoms with Crippen LogP contribution in [0.15, 0.2) is 24.3 Å². The number of benzene rings is 1. The first kappa shape index (κ1) is 20.7. The van der Waals surface area contributed by atoms with E-state index in [1.54, 1.807) is 36.7 Å². The van der Waals surface area contributed by atoms with E-state index in [2.05, 4.69) is 0 Å². The number of aliphatic carboxylic acids is 1. The molecule has 0 bridgehead atoms. The lowest BCUT2D eigenvalue weighted by atomic mass is 9.81. The van der Waals surface area contributed by atoms with Crippen molar-refractivity contribution in [1.29, 1.82) is 0 Å². The zero-order valence-corrected chi connectivity index (χ0v) is 15.6. The molecule has 148 valence electrons. The lowest BCUT2D eigenvalue weighted by Crippen LogP contribution is -2.51. The Morgan fingerprint density at radius 2 is 1.93 bits per heavy atom. The van der Waals surface area contributed by atoms with E-state index < -0.39 is 35.7 Å². The Kier molecular flexibility index (Phi) is 7.18. The molecule has 1 aromatic rings. The Hall–Kier alpha value is -2.61. The fraction of sp³-hybridized carbons (Fsp3) is 0.526.